The van der Waals surface area contributed by atoms with E-state index in [4.69, 9.17) is 22.6 Å². The number of rotatable bonds is 2. The normalized spacial score (nSPS) is 10.7. The van der Waals surface area contributed by atoms with Gasteiger partial charge in [-0.15, -0.1) is 0 Å². The minimum Gasteiger partial charge on any atom is -0.399 e. The largest absolute Gasteiger partial charge is 0.399 e. The molecular weight excluding hydrogens is 284 g/mol. The fourth-order valence-corrected chi connectivity index (χ4v) is 2.69. The Balaban J connectivity index is 2.32. The van der Waals surface area contributed by atoms with Crippen LogP contribution in [-0.2, 0) is 6.42 Å². The number of aromatic nitrogens is 2. The van der Waals surface area contributed by atoms with Gasteiger partial charge in [-0.3, -0.25) is 0 Å². The minimum atomic E-state index is 0.265. The van der Waals surface area contributed by atoms with Crippen molar-refractivity contribution in [2.75, 3.05) is 5.73 Å². The number of hydrogen-bond acceptors (Lipinski definition) is 3. The van der Waals surface area contributed by atoms with E-state index in [1.807, 2.05) is 41.7 Å². The van der Waals surface area contributed by atoms with Gasteiger partial charge in [0.15, 0.2) is 0 Å². The van der Waals surface area contributed by atoms with Crippen LogP contribution in [0.1, 0.15) is 11.3 Å². The highest BCUT2D eigenvalue weighted by Crippen LogP contribution is 2.28. The third kappa shape index (κ3) is 2.32. The van der Waals surface area contributed by atoms with Crippen LogP contribution in [0.4, 0.5) is 5.69 Å². The van der Waals surface area contributed by atoms with Gasteiger partial charge in [-0.1, -0.05) is 23.7 Å². The molecule has 2 N–H and O–H groups in total. The molecule has 0 unspecified atom stereocenters. The third-order valence-corrected chi connectivity index (χ3v) is 3.61. The Labute approximate surface area is 127 Å². The molecule has 0 aliphatic rings. The lowest BCUT2D eigenvalue weighted by Gasteiger charge is -2.03. The molecule has 0 saturated heterocycles. The Morgan fingerprint density at radius 3 is 2.71 bits per heavy atom. The summed E-state index contributed by atoms with van der Waals surface area (Å²) in [5.74, 6) is 0. The predicted molar refractivity (Wildman–Crippen MR) is 84.1 cm³/mol. The molecule has 0 aliphatic heterocycles. The summed E-state index contributed by atoms with van der Waals surface area (Å²) in [5.41, 5.74) is 10.8. The number of hydrogen-bond donors (Lipinski definition) is 1. The summed E-state index contributed by atoms with van der Waals surface area (Å²) in [5, 5.41) is 9.73. The maximum absolute atomic E-state index is 9.11. The molecule has 5 heteroatoms. The molecule has 0 atom stereocenters. The summed E-state index contributed by atoms with van der Waals surface area (Å²) >= 11 is 6.12. The predicted octanol–water partition coefficient (Wildman–Crippen LogP) is 3.61. The Bertz CT molecular complexity index is 857. The van der Waals surface area contributed by atoms with E-state index in [1.165, 1.54) is 0 Å². The molecule has 0 bridgehead atoms. The van der Waals surface area contributed by atoms with E-state index in [9.17, 15) is 0 Å². The lowest BCUT2D eigenvalue weighted by Crippen LogP contribution is -1.95. The molecule has 104 valence electrons. The summed E-state index contributed by atoms with van der Waals surface area (Å²) in [6.45, 7) is 1.96. The number of anilines is 1. The average molecular weight is 297 g/mol. The highest BCUT2D eigenvalue weighted by Gasteiger charge is 2.15. The Hall–Kier alpha value is -2.51. The van der Waals surface area contributed by atoms with Crippen LogP contribution in [0.3, 0.4) is 0 Å². The van der Waals surface area contributed by atoms with Crippen molar-refractivity contribution >= 4 is 22.9 Å². The van der Waals surface area contributed by atoms with Gasteiger partial charge in [-0.2, -0.15) is 5.26 Å². The molecule has 1 aromatic carbocycles. The summed E-state index contributed by atoms with van der Waals surface area (Å²) in [6, 6.07) is 11.5. The molecule has 0 saturated carbocycles. The van der Waals surface area contributed by atoms with E-state index in [1.54, 1.807) is 6.20 Å². The van der Waals surface area contributed by atoms with Gasteiger partial charge in [0.1, 0.15) is 5.65 Å². The van der Waals surface area contributed by atoms with Crippen LogP contribution in [0.25, 0.3) is 16.9 Å². The van der Waals surface area contributed by atoms with E-state index < -0.39 is 0 Å². The smallest absolute Gasteiger partial charge is 0.140 e. The lowest BCUT2D eigenvalue weighted by molar-refractivity contribution is 1.05. The number of aryl methyl sites for hydroxylation is 1. The van der Waals surface area contributed by atoms with Crippen molar-refractivity contribution in [1.82, 2.24) is 9.38 Å². The number of nitrogens with two attached hydrogens (primary N) is 1. The van der Waals surface area contributed by atoms with Crippen molar-refractivity contribution in [1.29, 1.82) is 5.26 Å². The standard InChI is InChI=1S/C16H13ClN4/c1-10-8-12(17)9-21-14(6-7-18)15(20-16(10)21)11-2-4-13(19)5-3-11/h2-5,8-9H,6,19H2,1H3. The van der Waals surface area contributed by atoms with Gasteiger partial charge in [0.2, 0.25) is 0 Å². The van der Waals surface area contributed by atoms with Crippen LogP contribution in [0, 0.1) is 18.3 Å². The topological polar surface area (TPSA) is 67.1 Å². The zero-order valence-corrected chi connectivity index (χ0v) is 12.2. The van der Waals surface area contributed by atoms with Crippen LogP contribution >= 0.6 is 11.6 Å². The number of nitrogens with zero attached hydrogens (tertiary/aromatic N) is 3. The molecular formula is C16H13ClN4. The number of pyridine rings is 1. The van der Waals surface area contributed by atoms with Crippen molar-refractivity contribution in [2.24, 2.45) is 0 Å². The fraction of sp³-hybridized carbons (Fsp3) is 0.125. The number of nitrogen functional groups attached to an aromatic ring is 1. The van der Waals surface area contributed by atoms with Crippen molar-refractivity contribution in [2.45, 2.75) is 13.3 Å². The van der Waals surface area contributed by atoms with Gasteiger partial charge in [-0.05, 0) is 30.7 Å². The SMILES string of the molecule is Cc1cc(Cl)cn2c(CC#N)c(-c3ccc(N)cc3)nc12. The molecule has 3 aromatic rings. The number of fused-ring (bicyclic) bond motifs is 1. The van der Waals surface area contributed by atoms with Gasteiger partial charge in [0.25, 0.3) is 0 Å². The molecule has 21 heavy (non-hydrogen) atoms. The maximum Gasteiger partial charge on any atom is 0.140 e. The van der Waals surface area contributed by atoms with Gasteiger partial charge in [0, 0.05) is 17.4 Å². The van der Waals surface area contributed by atoms with E-state index in [0.29, 0.717) is 10.7 Å². The highest BCUT2D eigenvalue weighted by molar-refractivity contribution is 6.30. The quantitative estimate of drug-likeness (QED) is 0.735. The maximum atomic E-state index is 9.11. The van der Waals surface area contributed by atoms with Crippen molar-refractivity contribution in [3.8, 4) is 17.3 Å². The van der Waals surface area contributed by atoms with Gasteiger partial charge >= 0.3 is 0 Å². The van der Waals surface area contributed by atoms with Crippen LogP contribution in [0.15, 0.2) is 36.5 Å². The molecule has 2 aromatic heterocycles. The first-order valence-corrected chi connectivity index (χ1v) is 6.88. The number of halogens is 1. The van der Waals surface area contributed by atoms with Gasteiger partial charge in [0.05, 0.1) is 28.9 Å². The van der Waals surface area contributed by atoms with E-state index in [2.05, 4.69) is 11.1 Å². The summed E-state index contributed by atoms with van der Waals surface area (Å²) < 4.78 is 1.90. The van der Waals surface area contributed by atoms with Crippen molar-refractivity contribution in [3.63, 3.8) is 0 Å². The summed E-state index contributed by atoms with van der Waals surface area (Å²) in [6.07, 6.45) is 2.06. The van der Waals surface area contributed by atoms with Crippen LogP contribution < -0.4 is 5.73 Å². The number of imidazole rings is 1. The summed E-state index contributed by atoms with van der Waals surface area (Å²) in [7, 11) is 0. The molecule has 0 aliphatic carbocycles. The van der Waals surface area contributed by atoms with Crippen molar-refractivity contribution in [3.05, 3.63) is 52.8 Å². The minimum absolute atomic E-state index is 0.265. The molecule has 4 nitrogen and oxygen atoms in total. The molecule has 3 rings (SSSR count). The Morgan fingerprint density at radius 2 is 2.05 bits per heavy atom. The highest BCUT2D eigenvalue weighted by atomic mass is 35.5. The zero-order valence-electron chi connectivity index (χ0n) is 11.5. The zero-order chi connectivity index (χ0) is 15.0. The second-order valence-corrected chi connectivity index (χ2v) is 5.34. The van der Waals surface area contributed by atoms with E-state index in [-0.39, 0.29) is 6.42 Å². The summed E-state index contributed by atoms with van der Waals surface area (Å²) in [4.78, 5) is 4.68. The molecule has 2 heterocycles. The van der Waals surface area contributed by atoms with Gasteiger partial charge in [-0.25, -0.2) is 4.98 Å². The molecule has 0 amide bonds. The molecule has 0 radical (unpaired) electrons. The second-order valence-electron chi connectivity index (χ2n) is 4.90. The molecule has 0 fully saturated rings. The fourth-order valence-electron chi connectivity index (χ4n) is 2.43. The monoisotopic (exact) mass is 296 g/mol. The average Bonchev–Trinajstić information content (AvgIpc) is 2.80. The first-order valence-electron chi connectivity index (χ1n) is 6.50. The first kappa shape index (κ1) is 13.5. The Morgan fingerprint density at radius 1 is 1.33 bits per heavy atom. The Kier molecular flexibility index (Phi) is 3.28. The number of benzene rings is 1. The molecule has 0 spiro atoms. The van der Waals surface area contributed by atoms with E-state index in [0.717, 1.165) is 28.2 Å². The lowest BCUT2D eigenvalue weighted by atomic mass is 10.1. The first-order chi connectivity index (χ1) is 10.1. The van der Waals surface area contributed by atoms with Crippen LogP contribution in [0.2, 0.25) is 5.02 Å². The van der Waals surface area contributed by atoms with Gasteiger partial charge < -0.3 is 10.1 Å². The van der Waals surface area contributed by atoms with Crippen molar-refractivity contribution < 1.29 is 0 Å². The van der Waals surface area contributed by atoms with Crippen LogP contribution in [0.5, 0.6) is 0 Å². The van der Waals surface area contributed by atoms with Crippen LogP contribution in [-0.4, -0.2) is 9.38 Å². The third-order valence-electron chi connectivity index (χ3n) is 3.40. The van der Waals surface area contributed by atoms with E-state index >= 15 is 0 Å². The number of nitriles is 1. The second kappa shape index (κ2) is 5.12.